The fraction of sp³-hybridized carbons (Fsp3) is 0.0526. The highest BCUT2D eigenvalue weighted by atomic mass is 35.5. The molecule has 0 unspecified atom stereocenters. The summed E-state index contributed by atoms with van der Waals surface area (Å²) < 4.78 is 0. The third-order valence-corrected chi connectivity index (χ3v) is 3.66. The molecule has 3 aromatic rings. The van der Waals surface area contributed by atoms with Crippen LogP contribution in [0.4, 0.5) is 11.5 Å². The Hall–Kier alpha value is -2.85. The molecule has 3 rings (SSSR count). The Morgan fingerprint density at radius 1 is 1.00 bits per heavy atom. The van der Waals surface area contributed by atoms with Crippen molar-refractivity contribution in [3.8, 4) is 0 Å². The normalized spacial score (nSPS) is 10.2. The Kier molecular flexibility index (Phi) is 5.08. The second-order valence-electron chi connectivity index (χ2n) is 5.24. The molecule has 0 radical (unpaired) electrons. The molecule has 1 heterocycles. The van der Waals surface area contributed by atoms with Gasteiger partial charge in [0.25, 0.3) is 5.91 Å². The zero-order chi connectivity index (χ0) is 16.8. The van der Waals surface area contributed by atoms with Crippen molar-refractivity contribution >= 4 is 29.0 Å². The highest BCUT2D eigenvalue weighted by molar-refractivity contribution is 6.30. The van der Waals surface area contributed by atoms with Gasteiger partial charge in [0.2, 0.25) is 0 Å². The van der Waals surface area contributed by atoms with Crippen molar-refractivity contribution in [2.75, 3.05) is 10.6 Å². The lowest BCUT2D eigenvalue weighted by atomic mass is 10.2. The summed E-state index contributed by atoms with van der Waals surface area (Å²) in [4.78, 5) is 16.5. The molecule has 5 heteroatoms. The molecule has 120 valence electrons. The van der Waals surface area contributed by atoms with Crippen LogP contribution in [0, 0.1) is 0 Å². The van der Waals surface area contributed by atoms with Crippen LogP contribution >= 0.6 is 11.6 Å². The van der Waals surface area contributed by atoms with E-state index in [1.165, 1.54) is 5.56 Å². The average molecular weight is 338 g/mol. The predicted molar refractivity (Wildman–Crippen MR) is 97.4 cm³/mol. The number of rotatable bonds is 5. The lowest BCUT2D eigenvalue weighted by Gasteiger charge is -2.08. The first-order chi connectivity index (χ1) is 11.7. The van der Waals surface area contributed by atoms with Gasteiger partial charge < -0.3 is 10.6 Å². The molecule has 0 aliphatic heterocycles. The molecule has 0 aliphatic carbocycles. The van der Waals surface area contributed by atoms with Crippen LogP contribution in [-0.4, -0.2) is 10.9 Å². The summed E-state index contributed by atoms with van der Waals surface area (Å²) in [5.74, 6) is 0.498. The molecule has 0 saturated heterocycles. The minimum Gasteiger partial charge on any atom is -0.366 e. The average Bonchev–Trinajstić information content (AvgIpc) is 2.61. The van der Waals surface area contributed by atoms with E-state index in [4.69, 9.17) is 11.6 Å². The number of benzene rings is 2. The van der Waals surface area contributed by atoms with Gasteiger partial charge in [-0.2, -0.15) is 0 Å². The van der Waals surface area contributed by atoms with E-state index in [1.807, 2.05) is 30.3 Å². The first-order valence-electron chi connectivity index (χ1n) is 7.51. The molecule has 0 spiro atoms. The summed E-state index contributed by atoms with van der Waals surface area (Å²) in [6, 6.07) is 20.6. The van der Waals surface area contributed by atoms with Gasteiger partial charge >= 0.3 is 0 Å². The van der Waals surface area contributed by atoms with E-state index in [0.717, 1.165) is 5.82 Å². The van der Waals surface area contributed by atoms with Crippen molar-refractivity contribution in [1.82, 2.24) is 4.98 Å². The summed E-state index contributed by atoms with van der Waals surface area (Å²) in [5.41, 5.74) is 2.31. The highest BCUT2D eigenvalue weighted by Crippen LogP contribution is 2.16. The Balaban J connectivity index is 1.60. The van der Waals surface area contributed by atoms with E-state index >= 15 is 0 Å². The van der Waals surface area contributed by atoms with E-state index in [1.54, 1.807) is 42.6 Å². The molecule has 0 saturated carbocycles. The van der Waals surface area contributed by atoms with Gasteiger partial charge in [-0.25, -0.2) is 4.98 Å². The molecule has 24 heavy (non-hydrogen) atoms. The SMILES string of the molecule is O=C(Nc1cccc(Cl)c1)c1ccc(NCc2ccccc2)nc1. The van der Waals surface area contributed by atoms with E-state index < -0.39 is 0 Å². The van der Waals surface area contributed by atoms with Crippen molar-refractivity contribution < 1.29 is 4.79 Å². The third kappa shape index (κ3) is 4.33. The summed E-state index contributed by atoms with van der Waals surface area (Å²) in [5, 5.41) is 6.59. The van der Waals surface area contributed by atoms with Crippen LogP contribution in [0.1, 0.15) is 15.9 Å². The van der Waals surface area contributed by atoms with Gasteiger partial charge in [0.15, 0.2) is 0 Å². The molecular weight excluding hydrogens is 322 g/mol. The topological polar surface area (TPSA) is 54.0 Å². The lowest BCUT2D eigenvalue weighted by molar-refractivity contribution is 0.102. The molecule has 4 nitrogen and oxygen atoms in total. The minimum atomic E-state index is -0.223. The maximum Gasteiger partial charge on any atom is 0.257 e. The lowest BCUT2D eigenvalue weighted by Crippen LogP contribution is -2.12. The van der Waals surface area contributed by atoms with Crippen molar-refractivity contribution in [2.45, 2.75) is 6.54 Å². The van der Waals surface area contributed by atoms with Gasteiger partial charge in [0.05, 0.1) is 5.56 Å². The summed E-state index contributed by atoms with van der Waals surface area (Å²) in [7, 11) is 0. The zero-order valence-electron chi connectivity index (χ0n) is 12.9. The highest BCUT2D eigenvalue weighted by Gasteiger charge is 2.07. The molecule has 1 amide bonds. The van der Waals surface area contributed by atoms with Crippen LogP contribution in [-0.2, 0) is 6.54 Å². The van der Waals surface area contributed by atoms with E-state index in [9.17, 15) is 4.79 Å². The number of hydrogen-bond acceptors (Lipinski definition) is 3. The summed E-state index contributed by atoms with van der Waals surface area (Å²) in [6.45, 7) is 0.682. The largest absolute Gasteiger partial charge is 0.366 e. The Labute approximate surface area is 145 Å². The zero-order valence-corrected chi connectivity index (χ0v) is 13.6. The fourth-order valence-electron chi connectivity index (χ4n) is 2.19. The molecule has 2 aromatic carbocycles. The number of pyridine rings is 1. The van der Waals surface area contributed by atoms with Crippen LogP contribution in [0.25, 0.3) is 0 Å². The maximum atomic E-state index is 12.2. The Morgan fingerprint density at radius 3 is 2.54 bits per heavy atom. The molecular formula is C19H16ClN3O. The second kappa shape index (κ2) is 7.62. The molecule has 0 fully saturated rings. The Morgan fingerprint density at radius 2 is 1.83 bits per heavy atom. The molecule has 0 atom stereocenters. The van der Waals surface area contributed by atoms with Crippen LogP contribution in [0.15, 0.2) is 72.9 Å². The summed E-state index contributed by atoms with van der Waals surface area (Å²) >= 11 is 5.91. The van der Waals surface area contributed by atoms with Crippen molar-refractivity contribution in [1.29, 1.82) is 0 Å². The molecule has 0 aliphatic rings. The van der Waals surface area contributed by atoms with Crippen molar-refractivity contribution in [3.63, 3.8) is 0 Å². The van der Waals surface area contributed by atoms with Gasteiger partial charge in [-0.15, -0.1) is 0 Å². The summed E-state index contributed by atoms with van der Waals surface area (Å²) in [6.07, 6.45) is 1.55. The first kappa shape index (κ1) is 16.0. The number of hydrogen-bond donors (Lipinski definition) is 2. The smallest absolute Gasteiger partial charge is 0.257 e. The van der Waals surface area contributed by atoms with Crippen LogP contribution in [0.3, 0.4) is 0 Å². The maximum absolute atomic E-state index is 12.2. The number of anilines is 2. The van der Waals surface area contributed by atoms with Crippen LogP contribution in [0.2, 0.25) is 5.02 Å². The van der Waals surface area contributed by atoms with Gasteiger partial charge in [-0.05, 0) is 35.9 Å². The van der Waals surface area contributed by atoms with E-state index in [2.05, 4.69) is 15.6 Å². The number of amides is 1. The number of aromatic nitrogens is 1. The molecule has 2 N–H and O–H groups in total. The van der Waals surface area contributed by atoms with Gasteiger partial charge in [-0.3, -0.25) is 4.79 Å². The molecule has 0 bridgehead atoms. The van der Waals surface area contributed by atoms with Gasteiger partial charge in [-0.1, -0.05) is 48.0 Å². The minimum absolute atomic E-state index is 0.223. The number of carbonyl (C=O) groups is 1. The van der Waals surface area contributed by atoms with Gasteiger partial charge in [0, 0.05) is 23.5 Å². The standard InChI is InChI=1S/C19H16ClN3O/c20-16-7-4-8-17(11-16)23-19(24)15-9-10-18(22-13-15)21-12-14-5-2-1-3-6-14/h1-11,13H,12H2,(H,21,22)(H,23,24). The van der Waals surface area contributed by atoms with Crippen LogP contribution < -0.4 is 10.6 Å². The van der Waals surface area contributed by atoms with Crippen molar-refractivity contribution in [3.05, 3.63) is 89.1 Å². The van der Waals surface area contributed by atoms with Gasteiger partial charge in [0.1, 0.15) is 5.82 Å². The molecule has 1 aromatic heterocycles. The van der Waals surface area contributed by atoms with E-state index in [-0.39, 0.29) is 5.91 Å². The third-order valence-electron chi connectivity index (χ3n) is 3.42. The first-order valence-corrected chi connectivity index (χ1v) is 7.89. The van der Waals surface area contributed by atoms with E-state index in [0.29, 0.717) is 22.8 Å². The number of nitrogens with zero attached hydrogens (tertiary/aromatic N) is 1. The predicted octanol–water partition coefficient (Wildman–Crippen LogP) is 4.60. The van der Waals surface area contributed by atoms with Crippen LogP contribution in [0.5, 0.6) is 0 Å². The second-order valence-corrected chi connectivity index (χ2v) is 5.67. The number of carbonyl (C=O) groups excluding carboxylic acids is 1. The van der Waals surface area contributed by atoms with Crippen molar-refractivity contribution in [2.24, 2.45) is 0 Å². The fourth-order valence-corrected chi connectivity index (χ4v) is 2.38. The quantitative estimate of drug-likeness (QED) is 0.715. The monoisotopic (exact) mass is 337 g/mol. The number of halogens is 1. The Bertz CT molecular complexity index is 820. The number of nitrogens with one attached hydrogen (secondary N) is 2.